The van der Waals surface area contributed by atoms with Gasteiger partial charge in [0.25, 0.3) is 0 Å². The average molecular weight is 342 g/mol. The largest absolute Gasteiger partial charge is 0.396 e. The van der Waals surface area contributed by atoms with Crippen LogP contribution in [0.25, 0.3) is 0 Å². The van der Waals surface area contributed by atoms with Crippen molar-refractivity contribution in [1.29, 1.82) is 0 Å². The lowest BCUT2D eigenvalue weighted by Gasteiger charge is -2.42. The highest BCUT2D eigenvalue weighted by molar-refractivity contribution is 7.88. The number of piperidine rings is 1. The lowest BCUT2D eigenvalue weighted by atomic mass is 9.73. The number of aliphatic hydroxyl groups is 1. The maximum absolute atomic E-state index is 11.9. The van der Waals surface area contributed by atoms with Crippen LogP contribution >= 0.6 is 0 Å². The van der Waals surface area contributed by atoms with Crippen LogP contribution in [0, 0.1) is 18.3 Å². The summed E-state index contributed by atoms with van der Waals surface area (Å²) in [5, 5.41) is 14.2. The highest BCUT2D eigenvalue weighted by Crippen LogP contribution is 2.43. The molecule has 130 valence electrons. The van der Waals surface area contributed by atoms with Gasteiger partial charge in [0.15, 0.2) is 0 Å². The van der Waals surface area contributed by atoms with Gasteiger partial charge in [0.05, 0.1) is 19.1 Å². The van der Waals surface area contributed by atoms with Gasteiger partial charge in [-0.3, -0.25) is 9.58 Å². The molecular weight excluding hydrogens is 316 g/mol. The Labute approximate surface area is 137 Å². The first-order valence-electron chi connectivity index (χ1n) is 8.01. The molecule has 0 amide bonds. The van der Waals surface area contributed by atoms with Crippen LogP contribution in [0.5, 0.6) is 0 Å². The van der Waals surface area contributed by atoms with Gasteiger partial charge in [-0.1, -0.05) is 0 Å². The Morgan fingerprint density at radius 1 is 1.43 bits per heavy atom. The standard InChI is InChI=1S/C15H26N4O3S/c1-12-13(6-16-17(12)2)7-18-5-4-15(11-20)10-19(23(3,21)22)9-14(15)8-18/h6,14,20H,4-5,7-11H2,1-3H3/t14-,15+/m1/s1. The van der Waals surface area contributed by atoms with E-state index in [1.165, 1.54) is 16.1 Å². The monoisotopic (exact) mass is 342 g/mol. The summed E-state index contributed by atoms with van der Waals surface area (Å²) in [6, 6.07) is 0. The summed E-state index contributed by atoms with van der Waals surface area (Å²) in [5.41, 5.74) is 2.10. The van der Waals surface area contributed by atoms with Crippen LogP contribution < -0.4 is 0 Å². The normalized spacial score (nSPS) is 29.8. The molecule has 1 aromatic heterocycles. The molecule has 8 heteroatoms. The third-order valence-corrected chi connectivity index (χ3v) is 6.92. The molecule has 0 aliphatic carbocycles. The van der Waals surface area contributed by atoms with Gasteiger partial charge in [-0.25, -0.2) is 12.7 Å². The second-order valence-corrected chi connectivity index (χ2v) is 9.12. The lowest BCUT2D eigenvalue weighted by Crippen LogP contribution is -2.48. The molecule has 0 spiro atoms. The summed E-state index contributed by atoms with van der Waals surface area (Å²) in [7, 11) is -1.26. The summed E-state index contributed by atoms with van der Waals surface area (Å²) < 4.78 is 27.2. The van der Waals surface area contributed by atoms with Crippen molar-refractivity contribution in [3.05, 3.63) is 17.5 Å². The van der Waals surface area contributed by atoms with E-state index >= 15 is 0 Å². The Balaban J connectivity index is 1.73. The number of sulfonamides is 1. The fraction of sp³-hybridized carbons (Fsp3) is 0.800. The molecule has 2 aliphatic rings. The Morgan fingerprint density at radius 2 is 2.17 bits per heavy atom. The van der Waals surface area contributed by atoms with E-state index in [2.05, 4.69) is 16.9 Å². The first-order chi connectivity index (χ1) is 10.7. The summed E-state index contributed by atoms with van der Waals surface area (Å²) in [6.45, 7) is 5.61. The Bertz CT molecular complexity index is 687. The van der Waals surface area contributed by atoms with Crippen LogP contribution in [0.3, 0.4) is 0 Å². The molecule has 1 aromatic rings. The number of rotatable bonds is 4. The van der Waals surface area contributed by atoms with E-state index in [1.54, 1.807) is 0 Å². The highest BCUT2D eigenvalue weighted by Gasteiger charge is 2.51. The van der Waals surface area contributed by atoms with E-state index in [1.807, 2.05) is 17.9 Å². The Morgan fingerprint density at radius 3 is 2.74 bits per heavy atom. The fourth-order valence-electron chi connectivity index (χ4n) is 3.90. The maximum atomic E-state index is 11.9. The number of nitrogens with zero attached hydrogens (tertiary/aromatic N) is 4. The maximum Gasteiger partial charge on any atom is 0.211 e. The van der Waals surface area contributed by atoms with Gasteiger partial charge in [-0.15, -0.1) is 0 Å². The van der Waals surface area contributed by atoms with Crippen molar-refractivity contribution in [3.8, 4) is 0 Å². The van der Waals surface area contributed by atoms with Crippen molar-refractivity contribution >= 4 is 10.0 Å². The van der Waals surface area contributed by atoms with Crippen molar-refractivity contribution in [2.45, 2.75) is 19.9 Å². The third-order valence-electron chi connectivity index (χ3n) is 5.70. The molecule has 0 radical (unpaired) electrons. The Hall–Kier alpha value is -0.960. The molecule has 0 bridgehead atoms. The fourth-order valence-corrected chi connectivity index (χ4v) is 4.84. The van der Waals surface area contributed by atoms with E-state index in [9.17, 15) is 13.5 Å². The minimum atomic E-state index is -3.20. The summed E-state index contributed by atoms with van der Waals surface area (Å²) in [6.07, 6.45) is 3.99. The third kappa shape index (κ3) is 3.05. The first-order valence-corrected chi connectivity index (χ1v) is 9.86. The molecule has 2 aliphatic heterocycles. The lowest BCUT2D eigenvalue weighted by molar-refractivity contribution is 0.0169. The van der Waals surface area contributed by atoms with Crippen LogP contribution in [0.1, 0.15) is 17.7 Å². The van der Waals surface area contributed by atoms with E-state index in [4.69, 9.17) is 0 Å². The molecule has 3 rings (SSSR count). The number of hydrogen-bond donors (Lipinski definition) is 1. The Kier molecular flexibility index (Phi) is 4.29. The van der Waals surface area contributed by atoms with Gasteiger partial charge < -0.3 is 5.11 Å². The van der Waals surface area contributed by atoms with E-state index in [-0.39, 0.29) is 17.9 Å². The molecule has 23 heavy (non-hydrogen) atoms. The molecule has 2 saturated heterocycles. The predicted octanol–water partition coefficient (Wildman–Crippen LogP) is -0.196. The average Bonchev–Trinajstić information content (AvgIpc) is 3.03. The number of hydrogen-bond acceptors (Lipinski definition) is 5. The molecule has 2 fully saturated rings. The SMILES string of the molecule is Cc1c(CN2CC[C@@]3(CO)CN(S(C)(=O)=O)C[C@H]3C2)cnn1C. The van der Waals surface area contributed by atoms with Gasteiger partial charge in [0.1, 0.15) is 0 Å². The van der Waals surface area contributed by atoms with E-state index in [0.29, 0.717) is 13.1 Å². The number of aromatic nitrogens is 2. The molecule has 7 nitrogen and oxygen atoms in total. The van der Waals surface area contributed by atoms with Gasteiger partial charge >= 0.3 is 0 Å². The van der Waals surface area contributed by atoms with E-state index < -0.39 is 10.0 Å². The van der Waals surface area contributed by atoms with Crippen LogP contribution in [0.4, 0.5) is 0 Å². The number of aryl methyl sites for hydroxylation is 1. The quantitative estimate of drug-likeness (QED) is 0.820. The second kappa shape index (κ2) is 5.84. The number of likely N-dealkylation sites (tertiary alicyclic amines) is 1. The van der Waals surface area contributed by atoms with Crippen molar-refractivity contribution in [2.75, 3.05) is 39.0 Å². The first kappa shape index (κ1) is 16.9. The highest BCUT2D eigenvalue weighted by atomic mass is 32.2. The van der Waals surface area contributed by atoms with Gasteiger partial charge in [-0.05, 0) is 25.8 Å². The minimum absolute atomic E-state index is 0.0590. The van der Waals surface area contributed by atoms with E-state index in [0.717, 1.165) is 31.7 Å². The van der Waals surface area contributed by atoms with Crippen molar-refractivity contribution in [3.63, 3.8) is 0 Å². The molecule has 0 aromatic carbocycles. The number of fused-ring (bicyclic) bond motifs is 1. The molecule has 0 unspecified atom stereocenters. The predicted molar refractivity (Wildman–Crippen MR) is 87.3 cm³/mol. The minimum Gasteiger partial charge on any atom is -0.396 e. The second-order valence-electron chi connectivity index (χ2n) is 7.14. The van der Waals surface area contributed by atoms with Crippen LogP contribution in [-0.2, 0) is 23.6 Å². The molecule has 1 N–H and O–H groups in total. The van der Waals surface area contributed by atoms with Crippen LogP contribution in [-0.4, -0.2) is 71.6 Å². The van der Waals surface area contributed by atoms with Crippen molar-refractivity contribution < 1.29 is 13.5 Å². The van der Waals surface area contributed by atoms with Crippen LogP contribution in [0.15, 0.2) is 6.20 Å². The summed E-state index contributed by atoms with van der Waals surface area (Å²) in [5.74, 6) is 0.188. The van der Waals surface area contributed by atoms with Crippen molar-refractivity contribution in [2.24, 2.45) is 18.4 Å². The van der Waals surface area contributed by atoms with Crippen LogP contribution in [0.2, 0.25) is 0 Å². The topological polar surface area (TPSA) is 78.7 Å². The smallest absolute Gasteiger partial charge is 0.211 e. The zero-order valence-corrected chi connectivity index (χ0v) is 14.9. The molecule has 0 saturated carbocycles. The zero-order valence-electron chi connectivity index (χ0n) is 14.1. The molecular formula is C15H26N4O3S. The summed E-state index contributed by atoms with van der Waals surface area (Å²) >= 11 is 0. The summed E-state index contributed by atoms with van der Waals surface area (Å²) in [4.78, 5) is 2.36. The zero-order chi connectivity index (χ0) is 16.8. The van der Waals surface area contributed by atoms with Gasteiger partial charge in [0, 0.05) is 49.9 Å². The van der Waals surface area contributed by atoms with Gasteiger partial charge in [-0.2, -0.15) is 5.10 Å². The van der Waals surface area contributed by atoms with Crippen molar-refractivity contribution in [1.82, 2.24) is 19.0 Å². The van der Waals surface area contributed by atoms with Gasteiger partial charge in [0.2, 0.25) is 10.0 Å². The molecule has 2 atom stereocenters. The number of aliphatic hydroxyl groups excluding tert-OH is 1. The molecule has 3 heterocycles.